The van der Waals surface area contributed by atoms with Crippen LogP contribution in [0.4, 0.5) is 5.88 Å². The number of nitro groups is 1. The summed E-state index contributed by atoms with van der Waals surface area (Å²) in [5.74, 6) is 0.240. The molecule has 0 aromatic carbocycles. The third-order valence-electron chi connectivity index (χ3n) is 1.99. The first-order valence-electron chi connectivity index (χ1n) is 4.60. The molecule has 0 fully saturated rings. The Bertz CT molecular complexity index is 602. The van der Waals surface area contributed by atoms with Crippen LogP contribution in [0.3, 0.4) is 0 Å². The van der Waals surface area contributed by atoms with E-state index in [0.717, 1.165) is 0 Å². The number of hydrogen-bond donors (Lipinski definition) is 0. The number of hydrogen-bond acceptors (Lipinski definition) is 5. The molecule has 6 nitrogen and oxygen atoms in total. The minimum Gasteiger partial charge on any atom is -0.464 e. The second kappa shape index (κ2) is 4.37. The van der Waals surface area contributed by atoms with Gasteiger partial charge in [0.2, 0.25) is 0 Å². The molecule has 0 atom stereocenters. The summed E-state index contributed by atoms with van der Waals surface area (Å²) in [5.41, 5.74) is 0.235. The van der Waals surface area contributed by atoms with Crippen LogP contribution in [0.5, 0.6) is 0 Å². The Morgan fingerprint density at radius 2 is 2.29 bits per heavy atom. The maximum Gasteiger partial charge on any atom is 0.433 e. The molecule has 2 aromatic heterocycles. The van der Waals surface area contributed by atoms with Gasteiger partial charge >= 0.3 is 5.88 Å². The van der Waals surface area contributed by atoms with E-state index in [2.05, 4.69) is 0 Å². The van der Waals surface area contributed by atoms with Gasteiger partial charge in [0.15, 0.2) is 0 Å². The van der Waals surface area contributed by atoms with E-state index in [1.165, 1.54) is 24.5 Å². The summed E-state index contributed by atoms with van der Waals surface area (Å²) >= 11 is 0. The van der Waals surface area contributed by atoms with Crippen molar-refractivity contribution in [2.75, 3.05) is 0 Å². The summed E-state index contributed by atoms with van der Waals surface area (Å²) in [4.78, 5) is 9.76. The molecular weight excluding hydrogens is 224 g/mol. The van der Waals surface area contributed by atoms with Gasteiger partial charge in [-0.2, -0.15) is 5.26 Å². The smallest absolute Gasteiger partial charge is 0.433 e. The Labute approximate surface area is 95.5 Å². The molecule has 2 rings (SSSR count). The van der Waals surface area contributed by atoms with E-state index in [0.29, 0.717) is 5.76 Å². The molecule has 0 spiro atoms. The van der Waals surface area contributed by atoms with Gasteiger partial charge in [0, 0.05) is 6.08 Å². The van der Waals surface area contributed by atoms with Gasteiger partial charge in [-0.3, -0.25) is 10.1 Å². The first-order chi connectivity index (χ1) is 8.20. The average Bonchev–Trinajstić information content (AvgIpc) is 2.96. The second-order valence-corrected chi connectivity index (χ2v) is 3.08. The van der Waals surface area contributed by atoms with Gasteiger partial charge in [-0.15, -0.1) is 0 Å². The molecule has 17 heavy (non-hydrogen) atoms. The van der Waals surface area contributed by atoms with Crippen molar-refractivity contribution in [1.29, 1.82) is 5.26 Å². The maximum absolute atomic E-state index is 10.4. The van der Waals surface area contributed by atoms with Crippen molar-refractivity contribution >= 4 is 17.5 Å². The molecule has 0 saturated carbocycles. The van der Waals surface area contributed by atoms with Crippen LogP contribution in [0.15, 0.2) is 39.4 Å². The minimum atomic E-state index is -0.643. The van der Waals surface area contributed by atoms with Crippen LogP contribution in [0.1, 0.15) is 11.5 Å². The van der Waals surface area contributed by atoms with Crippen molar-refractivity contribution in [3.8, 4) is 6.07 Å². The zero-order chi connectivity index (χ0) is 12.3. The van der Waals surface area contributed by atoms with Crippen LogP contribution in [0.2, 0.25) is 0 Å². The lowest BCUT2D eigenvalue weighted by Gasteiger charge is -1.90. The van der Waals surface area contributed by atoms with Crippen molar-refractivity contribution in [2.24, 2.45) is 0 Å². The highest BCUT2D eigenvalue weighted by atomic mass is 16.6. The Morgan fingerprint density at radius 3 is 2.82 bits per heavy atom. The summed E-state index contributed by atoms with van der Waals surface area (Å²) in [6.45, 7) is 0. The summed E-state index contributed by atoms with van der Waals surface area (Å²) in [5, 5.41) is 19.3. The van der Waals surface area contributed by atoms with Gasteiger partial charge in [0.25, 0.3) is 0 Å². The standard InChI is InChI=1S/C11H6N2O4/c12-7-8(10-2-1-5-16-10)6-9-3-4-11(17-9)13(14)15/h1-6H. The largest absolute Gasteiger partial charge is 0.464 e. The molecule has 6 heteroatoms. The normalized spacial score (nSPS) is 11.1. The van der Waals surface area contributed by atoms with Crippen molar-refractivity contribution in [3.05, 3.63) is 52.2 Å². The van der Waals surface area contributed by atoms with Crippen LogP contribution in [-0.4, -0.2) is 4.92 Å². The van der Waals surface area contributed by atoms with Crippen molar-refractivity contribution in [1.82, 2.24) is 0 Å². The van der Waals surface area contributed by atoms with E-state index in [1.54, 1.807) is 12.1 Å². The summed E-state index contributed by atoms with van der Waals surface area (Å²) in [6, 6.07) is 7.83. The number of allylic oxidation sites excluding steroid dienone is 1. The zero-order valence-corrected chi connectivity index (χ0v) is 8.49. The summed E-state index contributed by atoms with van der Waals surface area (Å²) < 4.78 is 9.95. The van der Waals surface area contributed by atoms with Crippen LogP contribution in [0, 0.1) is 21.4 Å². The number of nitrogens with zero attached hydrogens (tertiary/aromatic N) is 2. The lowest BCUT2D eigenvalue weighted by atomic mass is 10.2. The molecule has 0 saturated heterocycles. The lowest BCUT2D eigenvalue weighted by Crippen LogP contribution is -1.82. The fourth-order valence-corrected chi connectivity index (χ4v) is 1.25. The van der Waals surface area contributed by atoms with Crippen LogP contribution in [-0.2, 0) is 0 Å². The molecule has 0 radical (unpaired) electrons. The second-order valence-electron chi connectivity index (χ2n) is 3.08. The molecule has 0 unspecified atom stereocenters. The highest BCUT2D eigenvalue weighted by Crippen LogP contribution is 2.22. The lowest BCUT2D eigenvalue weighted by molar-refractivity contribution is -0.402. The molecule has 0 bridgehead atoms. The Hall–Kier alpha value is -2.81. The SMILES string of the molecule is N#CC(=Cc1ccc([N+](=O)[O-])o1)c1ccco1. The van der Waals surface area contributed by atoms with E-state index in [4.69, 9.17) is 14.1 Å². The number of furan rings is 2. The zero-order valence-electron chi connectivity index (χ0n) is 8.49. The third kappa shape index (κ3) is 2.23. The van der Waals surface area contributed by atoms with Gasteiger partial charge in [0.1, 0.15) is 22.5 Å². The van der Waals surface area contributed by atoms with Gasteiger partial charge in [-0.05, 0) is 18.2 Å². The molecule has 0 aliphatic rings. The molecular formula is C11H6N2O4. The first kappa shape index (κ1) is 10.7. The quantitative estimate of drug-likeness (QED) is 0.459. The Balaban J connectivity index is 2.34. The molecule has 0 N–H and O–H groups in total. The molecule has 2 aromatic rings. The summed E-state index contributed by atoms with van der Waals surface area (Å²) in [6.07, 6.45) is 2.82. The van der Waals surface area contributed by atoms with E-state index >= 15 is 0 Å². The molecule has 2 heterocycles. The Morgan fingerprint density at radius 1 is 1.47 bits per heavy atom. The highest BCUT2D eigenvalue weighted by molar-refractivity contribution is 5.86. The third-order valence-corrected chi connectivity index (χ3v) is 1.99. The molecule has 84 valence electrons. The van der Waals surface area contributed by atoms with E-state index in [-0.39, 0.29) is 17.2 Å². The van der Waals surface area contributed by atoms with Gasteiger partial charge in [-0.1, -0.05) is 0 Å². The fourth-order valence-electron chi connectivity index (χ4n) is 1.25. The van der Waals surface area contributed by atoms with Crippen LogP contribution >= 0.6 is 0 Å². The number of nitriles is 1. The molecule has 0 aliphatic carbocycles. The van der Waals surface area contributed by atoms with Crippen LogP contribution < -0.4 is 0 Å². The predicted octanol–water partition coefficient (Wildman–Crippen LogP) is 2.84. The average molecular weight is 230 g/mol. The fraction of sp³-hybridized carbons (Fsp3) is 0. The minimum absolute atomic E-state index is 0.227. The number of rotatable bonds is 3. The Kier molecular flexibility index (Phi) is 2.75. The maximum atomic E-state index is 10.4. The predicted molar refractivity (Wildman–Crippen MR) is 57.6 cm³/mol. The van der Waals surface area contributed by atoms with Crippen molar-refractivity contribution < 1.29 is 13.8 Å². The highest BCUT2D eigenvalue weighted by Gasteiger charge is 2.12. The van der Waals surface area contributed by atoms with Gasteiger partial charge in [-0.25, -0.2) is 0 Å². The van der Waals surface area contributed by atoms with Crippen molar-refractivity contribution in [2.45, 2.75) is 0 Å². The van der Waals surface area contributed by atoms with E-state index in [9.17, 15) is 10.1 Å². The van der Waals surface area contributed by atoms with Crippen molar-refractivity contribution in [3.63, 3.8) is 0 Å². The monoisotopic (exact) mass is 230 g/mol. The van der Waals surface area contributed by atoms with Gasteiger partial charge in [0.05, 0.1) is 17.9 Å². The summed E-state index contributed by atoms with van der Waals surface area (Å²) in [7, 11) is 0. The first-order valence-corrected chi connectivity index (χ1v) is 4.60. The molecule has 0 aliphatic heterocycles. The topological polar surface area (TPSA) is 93.2 Å². The van der Waals surface area contributed by atoms with E-state index in [1.807, 2.05) is 6.07 Å². The van der Waals surface area contributed by atoms with Crippen LogP contribution in [0.25, 0.3) is 11.6 Å². The molecule has 0 amide bonds. The van der Waals surface area contributed by atoms with Gasteiger partial charge < -0.3 is 8.83 Å². The van der Waals surface area contributed by atoms with E-state index < -0.39 is 4.92 Å².